The Morgan fingerprint density at radius 1 is 1.08 bits per heavy atom. The molecule has 0 bridgehead atoms. The summed E-state index contributed by atoms with van der Waals surface area (Å²) in [4.78, 5) is 0. The highest BCUT2D eigenvalue weighted by atomic mass is 32.1. The lowest BCUT2D eigenvalue weighted by Gasteiger charge is -2.32. The molecule has 1 saturated carbocycles. The van der Waals surface area contributed by atoms with Crippen LogP contribution < -0.4 is 0 Å². The molecule has 74 valence electrons. The van der Waals surface area contributed by atoms with Crippen molar-refractivity contribution < 1.29 is 0 Å². The molecule has 0 heterocycles. The second-order valence-electron chi connectivity index (χ2n) is 5.20. The first-order valence-electron chi connectivity index (χ1n) is 5.02. The zero-order valence-corrected chi connectivity index (χ0v) is 9.98. The average molecular weight is 188 g/mol. The smallest absolute Gasteiger partial charge is 0.0354 e. The molecule has 0 aromatic rings. The number of hydrogen-bond donors (Lipinski definition) is 0. The Balaban J connectivity index is 0.00000121. The van der Waals surface area contributed by atoms with E-state index in [0.717, 1.165) is 11.8 Å². The summed E-state index contributed by atoms with van der Waals surface area (Å²) >= 11 is 0. The van der Waals surface area contributed by atoms with E-state index >= 15 is 0 Å². The molecule has 1 aliphatic rings. The monoisotopic (exact) mass is 188 g/mol. The fourth-order valence-corrected chi connectivity index (χ4v) is 2.16. The molecule has 0 saturated heterocycles. The number of rotatable bonds is 1. The minimum atomic E-state index is 0. The summed E-state index contributed by atoms with van der Waals surface area (Å²) < 4.78 is 0. The quantitative estimate of drug-likeness (QED) is 0.584. The van der Waals surface area contributed by atoms with Crippen LogP contribution >= 0.6 is 13.5 Å². The predicted octanol–water partition coefficient (Wildman–Crippen LogP) is 3.97. The van der Waals surface area contributed by atoms with Gasteiger partial charge in [0.25, 0.3) is 0 Å². The van der Waals surface area contributed by atoms with E-state index in [2.05, 4.69) is 27.7 Å². The van der Waals surface area contributed by atoms with Crippen molar-refractivity contribution in [2.75, 3.05) is 0 Å². The predicted molar refractivity (Wildman–Crippen MR) is 61.0 cm³/mol. The Kier molecular flexibility index (Phi) is 4.68. The van der Waals surface area contributed by atoms with Crippen molar-refractivity contribution >= 4 is 13.5 Å². The fourth-order valence-electron chi connectivity index (χ4n) is 2.16. The maximum absolute atomic E-state index is 2.43. The maximum Gasteiger partial charge on any atom is -0.0354 e. The van der Waals surface area contributed by atoms with E-state index in [-0.39, 0.29) is 13.5 Å². The zero-order chi connectivity index (χ0) is 8.48. The molecule has 1 rings (SSSR count). The Morgan fingerprint density at radius 2 is 1.50 bits per heavy atom. The van der Waals surface area contributed by atoms with Gasteiger partial charge in [-0.25, -0.2) is 0 Å². The van der Waals surface area contributed by atoms with Gasteiger partial charge < -0.3 is 0 Å². The molecular formula is C11H24S. The van der Waals surface area contributed by atoms with Crippen LogP contribution in [-0.2, 0) is 0 Å². The van der Waals surface area contributed by atoms with Crippen LogP contribution in [-0.4, -0.2) is 0 Å². The number of hydrogen-bond acceptors (Lipinski definition) is 0. The van der Waals surface area contributed by atoms with E-state index in [0.29, 0.717) is 5.41 Å². The van der Waals surface area contributed by atoms with Crippen LogP contribution in [0.4, 0.5) is 0 Å². The lowest BCUT2D eigenvalue weighted by molar-refractivity contribution is 0.179. The summed E-state index contributed by atoms with van der Waals surface area (Å²) in [6, 6.07) is 0. The molecule has 1 heteroatoms. The van der Waals surface area contributed by atoms with Crippen LogP contribution in [0.25, 0.3) is 0 Å². The molecular weight excluding hydrogens is 164 g/mol. The van der Waals surface area contributed by atoms with E-state index in [1.54, 1.807) is 0 Å². The second kappa shape index (κ2) is 4.55. The van der Waals surface area contributed by atoms with E-state index in [9.17, 15) is 0 Å². The van der Waals surface area contributed by atoms with Gasteiger partial charge in [-0.3, -0.25) is 0 Å². The highest BCUT2D eigenvalue weighted by molar-refractivity contribution is 7.59. The summed E-state index contributed by atoms with van der Waals surface area (Å²) in [5, 5.41) is 0. The minimum Gasteiger partial charge on any atom is -0.197 e. The first kappa shape index (κ1) is 12.3. The Labute approximate surface area is 84.6 Å². The molecule has 0 radical (unpaired) electrons. The Morgan fingerprint density at radius 3 is 1.83 bits per heavy atom. The van der Waals surface area contributed by atoms with Crippen molar-refractivity contribution in [2.45, 2.75) is 53.4 Å². The third kappa shape index (κ3) is 3.01. The average Bonchev–Trinajstić information content (AvgIpc) is 2.34. The van der Waals surface area contributed by atoms with E-state index in [4.69, 9.17) is 0 Å². The molecule has 1 aliphatic carbocycles. The minimum absolute atomic E-state index is 0. The topological polar surface area (TPSA) is 0 Å². The van der Waals surface area contributed by atoms with Crippen LogP contribution in [0.15, 0.2) is 0 Å². The van der Waals surface area contributed by atoms with Gasteiger partial charge in [0, 0.05) is 0 Å². The van der Waals surface area contributed by atoms with Gasteiger partial charge in [-0.2, -0.15) is 13.5 Å². The van der Waals surface area contributed by atoms with Gasteiger partial charge in [-0.05, 0) is 17.3 Å². The first-order valence-corrected chi connectivity index (χ1v) is 5.02. The van der Waals surface area contributed by atoms with Gasteiger partial charge in [-0.1, -0.05) is 53.4 Å². The van der Waals surface area contributed by atoms with Crippen molar-refractivity contribution in [1.29, 1.82) is 0 Å². The maximum atomic E-state index is 2.43. The van der Waals surface area contributed by atoms with Gasteiger partial charge in [0.05, 0.1) is 0 Å². The SMILES string of the molecule is C[C@@H](C1CCCC1)C(C)(C)C.S. The largest absolute Gasteiger partial charge is 0.197 e. The van der Waals surface area contributed by atoms with Crippen molar-refractivity contribution in [3.63, 3.8) is 0 Å². The molecule has 0 nitrogen and oxygen atoms in total. The highest BCUT2D eigenvalue weighted by Gasteiger charge is 2.29. The van der Waals surface area contributed by atoms with E-state index < -0.39 is 0 Å². The summed E-state index contributed by atoms with van der Waals surface area (Å²) in [7, 11) is 0. The van der Waals surface area contributed by atoms with Crippen molar-refractivity contribution in [2.24, 2.45) is 17.3 Å². The standard InChI is InChI=1S/C11H22.H2S/c1-9(11(2,3)4)10-7-5-6-8-10;/h9-10H,5-8H2,1-4H3;1H2/t9-;/m0./s1. The van der Waals surface area contributed by atoms with Crippen LogP contribution in [0, 0.1) is 17.3 Å². The van der Waals surface area contributed by atoms with E-state index in [1.807, 2.05) is 0 Å². The third-order valence-corrected chi connectivity index (χ3v) is 3.47. The van der Waals surface area contributed by atoms with Gasteiger partial charge >= 0.3 is 0 Å². The summed E-state index contributed by atoms with van der Waals surface area (Å²) in [5.74, 6) is 1.93. The lowest BCUT2D eigenvalue weighted by atomic mass is 9.74. The Hall–Kier alpha value is 0.350. The lowest BCUT2D eigenvalue weighted by Crippen LogP contribution is -2.23. The normalized spacial score (nSPS) is 22.0. The second-order valence-corrected chi connectivity index (χ2v) is 5.20. The molecule has 0 N–H and O–H groups in total. The van der Waals surface area contributed by atoms with Gasteiger partial charge in [0.2, 0.25) is 0 Å². The molecule has 0 amide bonds. The van der Waals surface area contributed by atoms with Gasteiger partial charge in [-0.15, -0.1) is 0 Å². The van der Waals surface area contributed by atoms with Crippen molar-refractivity contribution in [1.82, 2.24) is 0 Å². The van der Waals surface area contributed by atoms with Gasteiger partial charge in [0.1, 0.15) is 0 Å². The summed E-state index contributed by atoms with van der Waals surface area (Å²) in [6.45, 7) is 9.54. The molecule has 0 aromatic heterocycles. The van der Waals surface area contributed by atoms with E-state index in [1.165, 1.54) is 25.7 Å². The molecule has 0 aliphatic heterocycles. The van der Waals surface area contributed by atoms with Gasteiger partial charge in [0.15, 0.2) is 0 Å². The fraction of sp³-hybridized carbons (Fsp3) is 1.00. The molecule has 12 heavy (non-hydrogen) atoms. The van der Waals surface area contributed by atoms with Crippen molar-refractivity contribution in [3.05, 3.63) is 0 Å². The summed E-state index contributed by atoms with van der Waals surface area (Å²) in [5.41, 5.74) is 0.523. The molecule has 0 unspecified atom stereocenters. The van der Waals surface area contributed by atoms with Crippen LogP contribution in [0.2, 0.25) is 0 Å². The first-order chi connectivity index (χ1) is 5.02. The Bertz CT molecular complexity index is 117. The zero-order valence-electron chi connectivity index (χ0n) is 8.98. The molecule has 1 fully saturated rings. The van der Waals surface area contributed by atoms with Crippen LogP contribution in [0.3, 0.4) is 0 Å². The molecule has 0 aromatic carbocycles. The molecule has 1 atom stereocenters. The highest BCUT2D eigenvalue weighted by Crippen LogP contribution is 2.40. The summed E-state index contributed by atoms with van der Waals surface area (Å²) in [6.07, 6.45) is 5.92. The van der Waals surface area contributed by atoms with Crippen LogP contribution in [0.5, 0.6) is 0 Å². The van der Waals surface area contributed by atoms with Crippen LogP contribution in [0.1, 0.15) is 53.4 Å². The third-order valence-electron chi connectivity index (χ3n) is 3.47. The molecule has 0 spiro atoms. The van der Waals surface area contributed by atoms with Crippen molar-refractivity contribution in [3.8, 4) is 0 Å².